The maximum Gasteiger partial charge on any atom is 0.219 e. The predicted octanol–water partition coefficient (Wildman–Crippen LogP) is 2.40. The van der Waals surface area contributed by atoms with Crippen LogP contribution in [0.1, 0.15) is 25.2 Å². The van der Waals surface area contributed by atoms with E-state index in [-0.39, 0.29) is 5.91 Å². The van der Waals surface area contributed by atoms with E-state index in [9.17, 15) is 4.79 Å². The van der Waals surface area contributed by atoms with Gasteiger partial charge in [-0.25, -0.2) is 4.98 Å². The molecule has 0 fully saturated rings. The summed E-state index contributed by atoms with van der Waals surface area (Å²) in [5, 5.41) is 3.36. The number of rotatable bonds is 6. The standard InChI is InChI=1S/C16H22N4O/c1-4-20(13(2)21)12-14-6-5-7-15(10-14)18-11-16-17-8-9-19(16)3/h5-10,18H,4,11-12H2,1-3H3. The van der Waals surface area contributed by atoms with Crippen molar-refractivity contribution in [3.8, 4) is 0 Å². The zero-order valence-electron chi connectivity index (χ0n) is 12.8. The van der Waals surface area contributed by atoms with Crippen molar-refractivity contribution in [2.45, 2.75) is 26.9 Å². The molecule has 1 aromatic carbocycles. The molecular weight excluding hydrogens is 264 g/mol. The van der Waals surface area contributed by atoms with Gasteiger partial charge in [0.05, 0.1) is 6.54 Å². The van der Waals surface area contributed by atoms with Crippen molar-refractivity contribution in [1.82, 2.24) is 14.5 Å². The van der Waals surface area contributed by atoms with E-state index in [1.807, 2.05) is 47.8 Å². The number of hydrogen-bond donors (Lipinski definition) is 1. The molecule has 5 nitrogen and oxygen atoms in total. The average molecular weight is 286 g/mol. The minimum Gasteiger partial charge on any atom is -0.378 e. The summed E-state index contributed by atoms with van der Waals surface area (Å²) in [5.41, 5.74) is 2.16. The van der Waals surface area contributed by atoms with Crippen LogP contribution in [0.2, 0.25) is 0 Å². The normalized spacial score (nSPS) is 10.4. The SMILES string of the molecule is CCN(Cc1cccc(NCc2nccn2C)c1)C(C)=O. The van der Waals surface area contributed by atoms with E-state index in [0.29, 0.717) is 13.1 Å². The molecule has 0 bridgehead atoms. The topological polar surface area (TPSA) is 50.2 Å². The summed E-state index contributed by atoms with van der Waals surface area (Å²) in [6, 6.07) is 8.15. The maximum absolute atomic E-state index is 11.5. The van der Waals surface area contributed by atoms with E-state index >= 15 is 0 Å². The Bertz CT molecular complexity index is 606. The van der Waals surface area contributed by atoms with E-state index in [2.05, 4.69) is 16.4 Å². The number of aryl methyl sites for hydroxylation is 1. The lowest BCUT2D eigenvalue weighted by molar-refractivity contribution is -0.129. The highest BCUT2D eigenvalue weighted by Gasteiger charge is 2.07. The summed E-state index contributed by atoms with van der Waals surface area (Å²) in [6.07, 6.45) is 3.72. The van der Waals surface area contributed by atoms with Crippen LogP contribution >= 0.6 is 0 Å². The van der Waals surface area contributed by atoms with Crippen molar-refractivity contribution in [3.05, 3.63) is 48.0 Å². The number of benzene rings is 1. The third-order valence-corrected chi connectivity index (χ3v) is 3.50. The van der Waals surface area contributed by atoms with Crippen LogP contribution in [-0.4, -0.2) is 26.9 Å². The van der Waals surface area contributed by atoms with E-state index < -0.39 is 0 Å². The number of anilines is 1. The van der Waals surface area contributed by atoms with Crippen LogP contribution in [0, 0.1) is 0 Å². The van der Waals surface area contributed by atoms with Crippen LogP contribution in [0.5, 0.6) is 0 Å². The van der Waals surface area contributed by atoms with Crippen molar-refractivity contribution in [1.29, 1.82) is 0 Å². The molecule has 112 valence electrons. The van der Waals surface area contributed by atoms with Crippen LogP contribution < -0.4 is 5.32 Å². The van der Waals surface area contributed by atoms with Gasteiger partial charge in [-0.2, -0.15) is 0 Å². The Morgan fingerprint density at radius 2 is 2.24 bits per heavy atom. The molecule has 0 saturated heterocycles. The van der Waals surface area contributed by atoms with E-state index in [1.54, 1.807) is 13.1 Å². The first-order chi connectivity index (χ1) is 10.1. The summed E-state index contributed by atoms with van der Waals surface area (Å²) in [4.78, 5) is 17.6. The minimum atomic E-state index is 0.101. The molecule has 21 heavy (non-hydrogen) atoms. The summed E-state index contributed by atoms with van der Waals surface area (Å²) in [7, 11) is 1.98. The number of imidazole rings is 1. The predicted molar refractivity (Wildman–Crippen MR) is 83.7 cm³/mol. The van der Waals surface area contributed by atoms with Gasteiger partial charge in [-0.15, -0.1) is 0 Å². The second-order valence-corrected chi connectivity index (χ2v) is 5.04. The second-order valence-electron chi connectivity index (χ2n) is 5.04. The molecule has 0 radical (unpaired) electrons. The van der Waals surface area contributed by atoms with E-state index in [4.69, 9.17) is 0 Å². The lowest BCUT2D eigenvalue weighted by Crippen LogP contribution is -2.27. The summed E-state index contributed by atoms with van der Waals surface area (Å²) in [5.74, 6) is 1.09. The Hall–Kier alpha value is -2.30. The zero-order valence-corrected chi connectivity index (χ0v) is 12.8. The highest BCUT2D eigenvalue weighted by molar-refractivity contribution is 5.73. The molecule has 0 aliphatic carbocycles. The number of amides is 1. The van der Waals surface area contributed by atoms with Crippen molar-refractivity contribution in [2.24, 2.45) is 7.05 Å². The quantitative estimate of drug-likeness (QED) is 0.887. The molecule has 1 heterocycles. The Kier molecular flexibility index (Phi) is 4.98. The largest absolute Gasteiger partial charge is 0.378 e. The molecule has 1 amide bonds. The molecule has 5 heteroatoms. The van der Waals surface area contributed by atoms with E-state index in [1.165, 1.54) is 0 Å². The first-order valence-electron chi connectivity index (χ1n) is 7.14. The van der Waals surface area contributed by atoms with Gasteiger partial charge in [-0.05, 0) is 24.6 Å². The molecule has 2 rings (SSSR count). The highest BCUT2D eigenvalue weighted by atomic mass is 16.2. The van der Waals surface area contributed by atoms with Crippen LogP contribution in [0.25, 0.3) is 0 Å². The van der Waals surface area contributed by atoms with Crippen LogP contribution in [0.4, 0.5) is 5.69 Å². The summed E-state index contributed by atoms with van der Waals surface area (Å²) < 4.78 is 1.99. The number of aromatic nitrogens is 2. The minimum absolute atomic E-state index is 0.101. The van der Waals surface area contributed by atoms with Gasteiger partial charge in [-0.3, -0.25) is 4.79 Å². The number of nitrogens with one attached hydrogen (secondary N) is 1. The van der Waals surface area contributed by atoms with Gasteiger partial charge in [0.1, 0.15) is 5.82 Å². The Morgan fingerprint density at radius 3 is 2.86 bits per heavy atom. The van der Waals surface area contributed by atoms with Gasteiger partial charge in [0.15, 0.2) is 0 Å². The lowest BCUT2D eigenvalue weighted by Gasteiger charge is -2.19. The van der Waals surface area contributed by atoms with Crippen molar-refractivity contribution >= 4 is 11.6 Å². The first-order valence-corrected chi connectivity index (χ1v) is 7.14. The number of hydrogen-bond acceptors (Lipinski definition) is 3. The molecule has 0 spiro atoms. The Morgan fingerprint density at radius 1 is 1.43 bits per heavy atom. The molecule has 0 aliphatic rings. The number of carbonyl (C=O) groups excluding carboxylic acids is 1. The van der Waals surface area contributed by atoms with E-state index in [0.717, 1.165) is 23.6 Å². The van der Waals surface area contributed by atoms with Crippen molar-refractivity contribution < 1.29 is 4.79 Å². The molecular formula is C16H22N4O. The van der Waals surface area contributed by atoms with Gasteiger partial charge >= 0.3 is 0 Å². The number of carbonyl (C=O) groups is 1. The van der Waals surface area contributed by atoms with Crippen LogP contribution in [-0.2, 0) is 24.9 Å². The van der Waals surface area contributed by atoms with Gasteiger partial charge in [0.25, 0.3) is 0 Å². The molecule has 2 aromatic rings. The molecule has 0 unspecified atom stereocenters. The molecule has 0 aliphatic heterocycles. The third kappa shape index (κ3) is 4.08. The molecule has 1 aromatic heterocycles. The summed E-state index contributed by atoms with van der Waals surface area (Å²) >= 11 is 0. The Balaban J connectivity index is 2.00. The van der Waals surface area contributed by atoms with Gasteiger partial charge in [0.2, 0.25) is 5.91 Å². The second kappa shape index (κ2) is 6.92. The van der Waals surface area contributed by atoms with Crippen LogP contribution in [0.3, 0.4) is 0 Å². The first kappa shape index (κ1) is 15.1. The molecule has 0 saturated carbocycles. The fourth-order valence-electron chi connectivity index (χ4n) is 2.19. The van der Waals surface area contributed by atoms with Gasteiger partial charge < -0.3 is 14.8 Å². The van der Waals surface area contributed by atoms with Crippen molar-refractivity contribution in [3.63, 3.8) is 0 Å². The van der Waals surface area contributed by atoms with Crippen molar-refractivity contribution in [2.75, 3.05) is 11.9 Å². The van der Waals surface area contributed by atoms with Gasteiger partial charge in [-0.1, -0.05) is 12.1 Å². The monoisotopic (exact) mass is 286 g/mol. The Labute approximate surface area is 125 Å². The molecule has 0 atom stereocenters. The highest BCUT2D eigenvalue weighted by Crippen LogP contribution is 2.13. The zero-order chi connectivity index (χ0) is 15.2. The smallest absolute Gasteiger partial charge is 0.219 e. The fourth-order valence-corrected chi connectivity index (χ4v) is 2.19. The molecule has 1 N–H and O–H groups in total. The van der Waals surface area contributed by atoms with Gasteiger partial charge in [0, 0.05) is 45.1 Å². The number of nitrogens with zero attached hydrogens (tertiary/aromatic N) is 3. The average Bonchev–Trinajstić information content (AvgIpc) is 2.88. The third-order valence-electron chi connectivity index (χ3n) is 3.50. The maximum atomic E-state index is 11.5. The lowest BCUT2D eigenvalue weighted by atomic mass is 10.2. The van der Waals surface area contributed by atoms with Crippen LogP contribution in [0.15, 0.2) is 36.7 Å². The fraction of sp³-hybridized carbons (Fsp3) is 0.375. The summed E-state index contributed by atoms with van der Waals surface area (Å²) in [6.45, 7) is 5.64.